The Kier molecular flexibility index (Phi) is 2.87. The maximum absolute atomic E-state index is 11.6. The molecule has 2 atom stereocenters. The zero-order valence-electron chi connectivity index (χ0n) is 9.55. The molecule has 5 nitrogen and oxygen atoms in total. The number of likely N-dealkylation sites (N-methyl/N-ethyl adjacent to an activating group) is 1. The van der Waals surface area contributed by atoms with E-state index in [1.54, 1.807) is 18.1 Å². The average molecular weight is 220 g/mol. The molecule has 0 aliphatic carbocycles. The van der Waals surface area contributed by atoms with E-state index in [2.05, 4.69) is 9.97 Å². The van der Waals surface area contributed by atoms with E-state index in [9.17, 15) is 4.79 Å². The van der Waals surface area contributed by atoms with Crippen LogP contribution in [0, 0.1) is 6.92 Å². The zero-order valence-corrected chi connectivity index (χ0v) is 9.55. The van der Waals surface area contributed by atoms with Crippen molar-refractivity contribution in [2.75, 3.05) is 7.05 Å². The topological polar surface area (TPSA) is 72.1 Å². The quantitative estimate of drug-likeness (QED) is 0.743. The van der Waals surface area contributed by atoms with Gasteiger partial charge in [-0.05, 0) is 19.4 Å². The molecule has 1 aromatic heterocycles. The molecule has 0 saturated carbocycles. The van der Waals surface area contributed by atoms with Crippen molar-refractivity contribution >= 4 is 5.91 Å². The van der Waals surface area contributed by atoms with Crippen LogP contribution in [-0.2, 0) is 4.79 Å². The van der Waals surface area contributed by atoms with Crippen LogP contribution in [0.25, 0.3) is 0 Å². The molecule has 1 saturated heterocycles. The minimum absolute atomic E-state index is 0.0444. The number of nitrogens with two attached hydrogens (primary N) is 1. The van der Waals surface area contributed by atoms with E-state index in [-0.39, 0.29) is 18.0 Å². The second-order valence-corrected chi connectivity index (χ2v) is 4.18. The van der Waals surface area contributed by atoms with E-state index in [1.165, 1.54) is 0 Å². The minimum atomic E-state index is -0.122. The molecule has 2 N–H and O–H groups in total. The van der Waals surface area contributed by atoms with Crippen LogP contribution in [0.15, 0.2) is 12.3 Å². The molecule has 0 radical (unpaired) electrons. The van der Waals surface area contributed by atoms with Crippen molar-refractivity contribution in [3.63, 3.8) is 0 Å². The van der Waals surface area contributed by atoms with E-state index >= 15 is 0 Å². The first-order valence-electron chi connectivity index (χ1n) is 5.40. The van der Waals surface area contributed by atoms with Gasteiger partial charge in [-0.25, -0.2) is 9.97 Å². The van der Waals surface area contributed by atoms with Crippen LogP contribution in [0.5, 0.6) is 0 Å². The summed E-state index contributed by atoms with van der Waals surface area (Å²) < 4.78 is 0. The van der Waals surface area contributed by atoms with Gasteiger partial charge in [-0.15, -0.1) is 0 Å². The van der Waals surface area contributed by atoms with Crippen molar-refractivity contribution in [1.29, 1.82) is 0 Å². The van der Waals surface area contributed by atoms with Crippen molar-refractivity contribution < 1.29 is 4.79 Å². The molecular weight excluding hydrogens is 204 g/mol. The van der Waals surface area contributed by atoms with Gasteiger partial charge < -0.3 is 10.6 Å². The smallest absolute Gasteiger partial charge is 0.222 e. The highest BCUT2D eigenvalue weighted by Crippen LogP contribution is 2.27. The standard InChI is InChI=1S/C11H16N4O/c1-7-13-6-5-9(14-7)11-8(12)3-4-10(16)15(11)2/h5-6,8,11H,3-4,12H2,1-2H3. The number of amides is 1. The van der Waals surface area contributed by atoms with Crippen LogP contribution < -0.4 is 5.73 Å². The normalized spacial score (nSPS) is 25.9. The van der Waals surface area contributed by atoms with Gasteiger partial charge in [0.15, 0.2) is 0 Å². The fourth-order valence-corrected chi connectivity index (χ4v) is 2.12. The Morgan fingerprint density at radius 1 is 1.56 bits per heavy atom. The van der Waals surface area contributed by atoms with Gasteiger partial charge in [0.2, 0.25) is 5.91 Å². The summed E-state index contributed by atoms with van der Waals surface area (Å²) in [7, 11) is 1.78. The average Bonchev–Trinajstić information content (AvgIpc) is 2.24. The van der Waals surface area contributed by atoms with Gasteiger partial charge in [0.1, 0.15) is 5.82 Å². The number of nitrogens with zero attached hydrogens (tertiary/aromatic N) is 3. The number of hydrogen-bond acceptors (Lipinski definition) is 4. The predicted molar refractivity (Wildman–Crippen MR) is 59.5 cm³/mol. The number of piperidine rings is 1. The predicted octanol–water partition coefficient (Wildman–Crippen LogP) is 0.406. The fraction of sp³-hybridized carbons (Fsp3) is 0.545. The van der Waals surface area contributed by atoms with Gasteiger partial charge in [-0.2, -0.15) is 0 Å². The molecule has 86 valence electrons. The highest BCUT2D eigenvalue weighted by molar-refractivity contribution is 5.77. The van der Waals surface area contributed by atoms with Crippen LogP contribution >= 0.6 is 0 Å². The summed E-state index contributed by atoms with van der Waals surface area (Å²) in [6.07, 6.45) is 2.95. The van der Waals surface area contributed by atoms with Crippen molar-refractivity contribution in [3.05, 3.63) is 23.8 Å². The van der Waals surface area contributed by atoms with Gasteiger partial charge in [-0.3, -0.25) is 4.79 Å². The van der Waals surface area contributed by atoms with E-state index in [1.807, 2.05) is 13.0 Å². The molecule has 0 aromatic carbocycles. The van der Waals surface area contributed by atoms with E-state index in [4.69, 9.17) is 5.73 Å². The van der Waals surface area contributed by atoms with Crippen molar-refractivity contribution in [2.45, 2.75) is 31.8 Å². The lowest BCUT2D eigenvalue weighted by molar-refractivity contribution is -0.135. The van der Waals surface area contributed by atoms with Crippen molar-refractivity contribution in [3.8, 4) is 0 Å². The zero-order chi connectivity index (χ0) is 11.7. The number of hydrogen-bond donors (Lipinski definition) is 1. The summed E-state index contributed by atoms with van der Waals surface area (Å²) in [5, 5.41) is 0. The molecule has 1 aromatic rings. The van der Waals surface area contributed by atoms with Crippen LogP contribution in [-0.4, -0.2) is 33.9 Å². The van der Waals surface area contributed by atoms with Gasteiger partial charge in [0, 0.05) is 25.7 Å². The Bertz CT molecular complexity index is 407. The fourth-order valence-electron chi connectivity index (χ4n) is 2.12. The highest BCUT2D eigenvalue weighted by Gasteiger charge is 2.33. The maximum atomic E-state index is 11.6. The van der Waals surface area contributed by atoms with Gasteiger partial charge in [0.05, 0.1) is 11.7 Å². The number of likely N-dealkylation sites (tertiary alicyclic amines) is 1. The van der Waals surface area contributed by atoms with E-state index in [0.717, 1.165) is 12.1 Å². The molecule has 1 fully saturated rings. The number of aromatic nitrogens is 2. The van der Waals surface area contributed by atoms with Crippen LogP contribution in [0.3, 0.4) is 0 Å². The monoisotopic (exact) mass is 220 g/mol. The number of carbonyl (C=O) groups is 1. The summed E-state index contributed by atoms with van der Waals surface area (Å²) in [6.45, 7) is 1.83. The lowest BCUT2D eigenvalue weighted by Crippen LogP contribution is -2.47. The third kappa shape index (κ3) is 1.90. The van der Waals surface area contributed by atoms with Gasteiger partial charge in [0.25, 0.3) is 0 Å². The molecule has 0 bridgehead atoms. The molecule has 1 aliphatic heterocycles. The van der Waals surface area contributed by atoms with E-state index in [0.29, 0.717) is 12.2 Å². The van der Waals surface area contributed by atoms with Crippen LogP contribution in [0.1, 0.15) is 30.4 Å². The molecule has 1 aliphatic rings. The molecule has 1 amide bonds. The molecule has 0 spiro atoms. The molecule has 2 unspecified atom stereocenters. The largest absolute Gasteiger partial charge is 0.336 e. The summed E-state index contributed by atoms with van der Waals surface area (Å²) in [5.41, 5.74) is 6.89. The Labute approximate surface area is 94.7 Å². The Morgan fingerprint density at radius 2 is 2.31 bits per heavy atom. The Hall–Kier alpha value is -1.49. The van der Waals surface area contributed by atoms with Gasteiger partial charge >= 0.3 is 0 Å². The summed E-state index contributed by atoms with van der Waals surface area (Å²) in [4.78, 5) is 21.7. The number of rotatable bonds is 1. The van der Waals surface area contributed by atoms with Gasteiger partial charge in [-0.1, -0.05) is 0 Å². The van der Waals surface area contributed by atoms with E-state index < -0.39 is 0 Å². The Balaban J connectivity index is 2.33. The second-order valence-electron chi connectivity index (χ2n) is 4.18. The number of aryl methyl sites for hydroxylation is 1. The molecule has 2 rings (SSSR count). The SMILES string of the molecule is Cc1nccc(C2C(N)CCC(=O)N2C)n1. The Morgan fingerprint density at radius 3 is 3.00 bits per heavy atom. The molecule has 5 heteroatoms. The number of carbonyl (C=O) groups excluding carboxylic acids is 1. The lowest BCUT2D eigenvalue weighted by Gasteiger charge is -2.36. The molecular formula is C11H16N4O. The minimum Gasteiger partial charge on any atom is -0.336 e. The summed E-state index contributed by atoms with van der Waals surface area (Å²) in [6, 6.07) is 1.66. The van der Waals surface area contributed by atoms with Crippen LogP contribution in [0.2, 0.25) is 0 Å². The second kappa shape index (κ2) is 4.17. The third-order valence-corrected chi connectivity index (χ3v) is 3.01. The van der Waals surface area contributed by atoms with Crippen molar-refractivity contribution in [1.82, 2.24) is 14.9 Å². The lowest BCUT2D eigenvalue weighted by atomic mass is 9.94. The summed E-state index contributed by atoms with van der Waals surface area (Å²) in [5.74, 6) is 0.832. The third-order valence-electron chi connectivity index (χ3n) is 3.01. The first kappa shape index (κ1) is 11.0. The first-order chi connectivity index (χ1) is 7.59. The van der Waals surface area contributed by atoms with Crippen LogP contribution in [0.4, 0.5) is 0 Å². The van der Waals surface area contributed by atoms with Crippen molar-refractivity contribution in [2.24, 2.45) is 5.73 Å². The summed E-state index contributed by atoms with van der Waals surface area (Å²) >= 11 is 0. The maximum Gasteiger partial charge on any atom is 0.222 e. The molecule has 2 heterocycles. The highest BCUT2D eigenvalue weighted by atomic mass is 16.2. The first-order valence-corrected chi connectivity index (χ1v) is 5.40. The molecule has 16 heavy (non-hydrogen) atoms.